The topological polar surface area (TPSA) is 118 Å². The van der Waals surface area contributed by atoms with Crippen LogP contribution in [0.25, 0.3) is 0 Å². The average molecular weight is 527 g/mol. The van der Waals surface area contributed by atoms with E-state index >= 15 is 4.39 Å². The molecule has 0 unspecified atom stereocenters. The lowest BCUT2D eigenvalue weighted by Crippen LogP contribution is -2.70. The number of allylic oxidation sites excluding steroid dienone is 3. The molecule has 0 aromatic rings. The summed E-state index contributed by atoms with van der Waals surface area (Å²) in [6, 6.07) is -1.04. The highest BCUT2D eigenvalue weighted by molar-refractivity contribution is 8.13. The molecule has 4 aliphatic carbocycles. The third-order valence-electron chi connectivity index (χ3n) is 9.59. The van der Waals surface area contributed by atoms with E-state index in [1.165, 1.54) is 19.1 Å². The number of aliphatic hydroxyl groups excluding tert-OH is 1. The maximum Gasteiger partial charge on any atom is 0.310 e. The molecule has 198 valence electrons. The lowest BCUT2D eigenvalue weighted by molar-refractivity contribution is -0.228. The number of carbonyl (C=O) groups is 4. The Bertz CT molecular complexity index is 1070. The second-order valence-corrected chi connectivity index (χ2v) is 11.9. The van der Waals surface area contributed by atoms with Crippen molar-refractivity contribution in [1.82, 2.24) is 0 Å². The maximum absolute atomic E-state index is 17.5. The molecule has 3 fully saturated rings. The van der Waals surface area contributed by atoms with Gasteiger partial charge in [-0.1, -0.05) is 26.8 Å². The molecule has 0 aromatic carbocycles. The van der Waals surface area contributed by atoms with Gasteiger partial charge in [0.05, 0.1) is 12.0 Å². The zero-order chi connectivity index (χ0) is 26.8. The van der Waals surface area contributed by atoms with Gasteiger partial charge in [-0.25, -0.2) is 8.78 Å². The second-order valence-electron chi connectivity index (χ2n) is 11.0. The minimum Gasteiger partial charge on any atom is -0.481 e. The molecule has 0 bridgehead atoms. The zero-order valence-electron chi connectivity index (χ0n) is 20.8. The molecule has 0 heterocycles. The molecule has 7 nitrogen and oxygen atoms in total. The summed E-state index contributed by atoms with van der Waals surface area (Å²) in [5.74, 6) is -5.80. The summed E-state index contributed by atoms with van der Waals surface area (Å²) < 4.78 is 36.7. The standard InChI is InChI=1S/C26H32F2O7S/c1-5-20(31)35-26(22(34)36-12-27)13(2)8-17-18-10-15(21(32)33)16-9-14(29)6-7-23(16,3)25(18,28)19(30)11-24(17,26)4/h6-7,9,13,15,17-19,30H,5,8,10-12H2,1-4H3,(H,32,33)/t13-,15-,17+,18+,19+,23+,24+,25+,26+/m1/s1. The van der Waals surface area contributed by atoms with Crippen molar-refractivity contribution < 1.29 is 42.9 Å². The minimum absolute atomic E-state index is 0.0338. The highest BCUT2D eigenvalue weighted by atomic mass is 32.2. The predicted octanol–water partition coefficient (Wildman–Crippen LogP) is 3.79. The molecule has 36 heavy (non-hydrogen) atoms. The largest absolute Gasteiger partial charge is 0.481 e. The Morgan fingerprint density at radius 2 is 1.89 bits per heavy atom. The molecular weight excluding hydrogens is 494 g/mol. The smallest absolute Gasteiger partial charge is 0.310 e. The van der Waals surface area contributed by atoms with Crippen molar-refractivity contribution in [2.45, 2.75) is 70.8 Å². The van der Waals surface area contributed by atoms with Crippen molar-refractivity contribution >= 4 is 34.6 Å². The molecule has 0 aromatic heterocycles. The van der Waals surface area contributed by atoms with Crippen LogP contribution in [-0.4, -0.2) is 56.4 Å². The molecule has 0 spiro atoms. The van der Waals surface area contributed by atoms with Crippen LogP contribution in [-0.2, 0) is 23.9 Å². The summed E-state index contributed by atoms with van der Waals surface area (Å²) in [6.07, 6.45) is 1.77. The number of rotatable bonds is 5. The lowest BCUT2D eigenvalue weighted by Gasteiger charge is -2.63. The van der Waals surface area contributed by atoms with Crippen LogP contribution >= 0.6 is 11.8 Å². The number of alkyl halides is 2. The van der Waals surface area contributed by atoms with Gasteiger partial charge >= 0.3 is 11.9 Å². The highest BCUT2D eigenvalue weighted by Gasteiger charge is 2.78. The molecule has 0 amide bonds. The van der Waals surface area contributed by atoms with Gasteiger partial charge < -0.3 is 14.9 Å². The fraction of sp³-hybridized carbons (Fsp3) is 0.692. The maximum atomic E-state index is 17.5. The number of carbonyl (C=O) groups excluding carboxylic acids is 3. The Balaban J connectivity index is 1.91. The third kappa shape index (κ3) is 3.25. The summed E-state index contributed by atoms with van der Waals surface area (Å²) in [6.45, 7) is 6.42. The van der Waals surface area contributed by atoms with Gasteiger partial charge in [-0.2, -0.15) is 0 Å². The van der Waals surface area contributed by atoms with Crippen LogP contribution in [0.3, 0.4) is 0 Å². The number of carboxylic acid groups (broad SMARTS) is 1. The number of aliphatic hydroxyl groups is 1. The number of esters is 1. The normalized spacial score (nSPS) is 45.2. The second kappa shape index (κ2) is 8.75. The number of halogens is 2. The van der Waals surface area contributed by atoms with Gasteiger partial charge in [0, 0.05) is 29.1 Å². The molecule has 4 rings (SSSR count). The first kappa shape index (κ1) is 27.0. The van der Waals surface area contributed by atoms with Crippen molar-refractivity contribution in [1.29, 1.82) is 0 Å². The van der Waals surface area contributed by atoms with Crippen LogP contribution in [0.5, 0.6) is 0 Å². The summed E-state index contributed by atoms with van der Waals surface area (Å²) in [4.78, 5) is 50.5. The zero-order valence-corrected chi connectivity index (χ0v) is 21.6. The molecule has 0 radical (unpaired) electrons. The molecule has 0 saturated heterocycles. The molecule has 2 N–H and O–H groups in total. The summed E-state index contributed by atoms with van der Waals surface area (Å²) >= 11 is 0.381. The lowest BCUT2D eigenvalue weighted by atomic mass is 9.43. The minimum atomic E-state index is -2.34. The van der Waals surface area contributed by atoms with Crippen LogP contribution in [0.15, 0.2) is 23.8 Å². The van der Waals surface area contributed by atoms with Crippen molar-refractivity contribution in [2.24, 2.45) is 34.5 Å². The van der Waals surface area contributed by atoms with Gasteiger partial charge in [0.25, 0.3) is 0 Å². The monoisotopic (exact) mass is 526 g/mol. The van der Waals surface area contributed by atoms with E-state index in [9.17, 15) is 33.8 Å². The van der Waals surface area contributed by atoms with Crippen molar-refractivity contribution in [3.8, 4) is 0 Å². The van der Waals surface area contributed by atoms with Gasteiger partial charge in [0.15, 0.2) is 17.1 Å². The number of thioether (sulfide) groups is 1. The molecule has 0 aliphatic heterocycles. The molecule has 4 aliphatic rings. The average Bonchev–Trinajstić information content (AvgIpc) is 3.02. The fourth-order valence-corrected chi connectivity index (χ4v) is 8.73. The predicted molar refractivity (Wildman–Crippen MR) is 127 cm³/mol. The highest BCUT2D eigenvalue weighted by Crippen LogP contribution is 2.72. The van der Waals surface area contributed by atoms with E-state index in [0.717, 1.165) is 6.08 Å². The molecule has 3 saturated carbocycles. The Kier molecular flexibility index (Phi) is 6.56. The summed E-state index contributed by atoms with van der Waals surface area (Å²) in [7, 11) is 0. The van der Waals surface area contributed by atoms with Gasteiger partial charge in [-0.05, 0) is 61.6 Å². The molecular formula is C26H32F2O7S. The van der Waals surface area contributed by atoms with E-state index in [0.29, 0.717) is 11.8 Å². The SMILES string of the molecule is CCC(=O)O[C@]1(C(=O)SCF)[C@H](C)C[C@H]2[C@@H]3C[C@@H](C(=O)O)C4=CC(=O)C=C[C@]4(C)[C@@]3(F)[C@@H](O)C[C@@]21C. The third-order valence-corrected chi connectivity index (χ3v) is 10.3. The van der Waals surface area contributed by atoms with Crippen LogP contribution in [0.2, 0.25) is 0 Å². The van der Waals surface area contributed by atoms with E-state index in [1.807, 2.05) is 0 Å². The number of ketones is 1. The van der Waals surface area contributed by atoms with E-state index in [2.05, 4.69) is 0 Å². The Labute approximate surface area is 212 Å². The first-order valence-electron chi connectivity index (χ1n) is 12.2. The van der Waals surface area contributed by atoms with Crippen molar-refractivity contribution in [3.63, 3.8) is 0 Å². The Morgan fingerprint density at radius 1 is 1.22 bits per heavy atom. The number of aliphatic carboxylic acids is 1. The Morgan fingerprint density at radius 3 is 2.47 bits per heavy atom. The molecule has 9 atom stereocenters. The van der Waals surface area contributed by atoms with Crippen LogP contribution in [0.1, 0.15) is 53.4 Å². The van der Waals surface area contributed by atoms with E-state index in [-0.39, 0.29) is 31.3 Å². The van der Waals surface area contributed by atoms with E-state index in [4.69, 9.17) is 4.74 Å². The number of hydrogen-bond acceptors (Lipinski definition) is 7. The van der Waals surface area contributed by atoms with Crippen LogP contribution < -0.4 is 0 Å². The number of fused-ring (bicyclic) bond motifs is 5. The van der Waals surface area contributed by atoms with Gasteiger partial charge in [-0.15, -0.1) is 0 Å². The Hall–Kier alpha value is -2.07. The first-order valence-corrected chi connectivity index (χ1v) is 13.2. The van der Waals surface area contributed by atoms with Crippen molar-refractivity contribution in [2.75, 3.05) is 6.01 Å². The summed E-state index contributed by atoms with van der Waals surface area (Å²) in [5.41, 5.74) is -6.88. The first-order chi connectivity index (χ1) is 16.7. The molecule has 10 heteroatoms. The van der Waals surface area contributed by atoms with Crippen LogP contribution in [0.4, 0.5) is 8.78 Å². The van der Waals surface area contributed by atoms with Gasteiger partial charge in [0.1, 0.15) is 6.01 Å². The van der Waals surface area contributed by atoms with Gasteiger partial charge in [-0.3, -0.25) is 19.2 Å². The van der Waals surface area contributed by atoms with Crippen LogP contribution in [0, 0.1) is 34.5 Å². The van der Waals surface area contributed by atoms with Crippen molar-refractivity contribution in [3.05, 3.63) is 23.8 Å². The number of ether oxygens (including phenoxy) is 1. The quantitative estimate of drug-likeness (QED) is 0.520. The number of carboxylic acids is 1. The van der Waals surface area contributed by atoms with E-state index < -0.39 is 80.7 Å². The van der Waals surface area contributed by atoms with E-state index in [1.54, 1.807) is 20.8 Å². The fourth-order valence-electron chi connectivity index (χ4n) is 7.94. The summed E-state index contributed by atoms with van der Waals surface area (Å²) in [5, 5.41) is 20.9. The van der Waals surface area contributed by atoms with Gasteiger partial charge in [0.2, 0.25) is 5.12 Å². The number of hydrogen-bond donors (Lipinski definition) is 2.